The average molecular weight is 362 g/mol. The summed E-state index contributed by atoms with van der Waals surface area (Å²) in [4.78, 5) is 37.4. The first-order chi connectivity index (χ1) is 11.9. The molecule has 0 saturated carbocycles. The Morgan fingerprint density at radius 2 is 2.16 bits per heavy atom. The zero-order valence-electron chi connectivity index (χ0n) is 13.1. The van der Waals surface area contributed by atoms with Crippen LogP contribution in [0.2, 0.25) is 0 Å². The van der Waals surface area contributed by atoms with Crippen LogP contribution in [0.1, 0.15) is 11.3 Å². The molecule has 3 N–H and O–H groups in total. The van der Waals surface area contributed by atoms with Crippen LogP contribution in [0, 0.1) is 17.0 Å². The number of carbonyl (C=O) groups is 1. The third-order valence-electron chi connectivity index (χ3n) is 2.89. The molecule has 1 aromatic heterocycles. The highest BCUT2D eigenvalue weighted by Crippen LogP contribution is 2.12. The number of hydrazone groups is 1. The van der Waals surface area contributed by atoms with Gasteiger partial charge in [-0.15, -0.1) is 0 Å². The number of nitrogens with zero attached hydrogens (tertiary/aromatic N) is 4. The molecule has 0 aliphatic heterocycles. The number of hydrogen-bond donors (Lipinski definition) is 2. The van der Waals surface area contributed by atoms with Gasteiger partial charge in [0.2, 0.25) is 0 Å². The number of aromatic nitrogens is 2. The number of amides is 1. The number of thioether (sulfide) groups is 1. The van der Waals surface area contributed by atoms with Gasteiger partial charge in [0.1, 0.15) is 0 Å². The number of nitrogen functional groups attached to an aromatic ring is 1. The maximum Gasteiger partial charge on any atom is 0.272 e. The maximum absolute atomic E-state index is 11.7. The Hall–Kier alpha value is -3.21. The van der Waals surface area contributed by atoms with Gasteiger partial charge in [0.15, 0.2) is 5.16 Å². The number of nitro benzene ring substituents is 1. The summed E-state index contributed by atoms with van der Waals surface area (Å²) in [6.45, 7) is 1.65. The van der Waals surface area contributed by atoms with E-state index >= 15 is 0 Å². The lowest BCUT2D eigenvalue weighted by Gasteiger charge is -2.06. The van der Waals surface area contributed by atoms with E-state index in [2.05, 4.69) is 15.5 Å². The lowest BCUT2D eigenvalue weighted by molar-refractivity contribution is -0.384. The van der Waals surface area contributed by atoms with Crippen LogP contribution < -0.4 is 16.8 Å². The number of non-ortho nitro benzene ring substituents is 1. The smallest absolute Gasteiger partial charge is 0.272 e. The second-order valence-corrected chi connectivity index (χ2v) is 5.76. The van der Waals surface area contributed by atoms with Crippen LogP contribution in [-0.2, 0) is 4.79 Å². The van der Waals surface area contributed by atoms with Gasteiger partial charge >= 0.3 is 0 Å². The van der Waals surface area contributed by atoms with E-state index in [0.717, 1.165) is 16.4 Å². The molecule has 0 aliphatic rings. The van der Waals surface area contributed by atoms with Crippen LogP contribution in [0.25, 0.3) is 0 Å². The lowest BCUT2D eigenvalue weighted by Crippen LogP contribution is -2.30. The van der Waals surface area contributed by atoms with Gasteiger partial charge < -0.3 is 5.84 Å². The number of nitrogens with two attached hydrogens (primary N) is 1. The minimum absolute atomic E-state index is 0.0314. The molecule has 10 nitrogen and oxygen atoms in total. The summed E-state index contributed by atoms with van der Waals surface area (Å²) in [6.07, 6.45) is 1.36. The van der Waals surface area contributed by atoms with Crippen LogP contribution in [0.15, 0.2) is 45.4 Å². The van der Waals surface area contributed by atoms with Gasteiger partial charge in [-0.3, -0.25) is 19.7 Å². The summed E-state index contributed by atoms with van der Waals surface area (Å²) in [7, 11) is 0. The summed E-state index contributed by atoms with van der Waals surface area (Å²) >= 11 is 1.00. The van der Waals surface area contributed by atoms with E-state index in [9.17, 15) is 19.7 Å². The van der Waals surface area contributed by atoms with Crippen LogP contribution in [0.3, 0.4) is 0 Å². The lowest BCUT2D eigenvalue weighted by atomic mass is 10.2. The molecule has 0 radical (unpaired) electrons. The van der Waals surface area contributed by atoms with Crippen molar-refractivity contribution >= 4 is 29.6 Å². The molecule has 2 rings (SSSR count). The molecule has 0 aliphatic carbocycles. The van der Waals surface area contributed by atoms with Crippen molar-refractivity contribution in [3.05, 3.63) is 62.1 Å². The number of carbonyl (C=O) groups excluding carboxylic acids is 1. The predicted molar refractivity (Wildman–Crippen MR) is 92.9 cm³/mol. The zero-order valence-corrected chi connectivity index (χ0v) is 13.9. The van der Waals surface area contributed by atoms with E-state index in [-0.39, 0.29) is 16.6 Å². The average Bonchev–Trinajstić information content (AvgIpc) is 2.57. The molecule has 11 heteroatoms. The molecule has 130 valence electrons. The van der Waals surface area contributed by atoms with E-state index in [1.54, 1.807) is 6.92 Å². The first-order valence-corrected chi connectivity index (χ1v) is 7.90. The van der Waals surface area contributed by atoms with E-state index < -0.39 is 16.4 Å². The third-order valence-corrected chi connectivity index (χ3v) is 3.84. The quantitative estimate of drug-likeness (QED) is 0.189. The first-order valence-electron chi connectivity index (χ1n) is 6.92. The van der Waals surface area contributed by atoms with Crippen LogP contribution in [0.5, 0.6) is 0 Å². The van der Waals surface area contributed by atoms with Gasteiger partial charge in [-0.2, -0.15) is 5.10 Å². The minimum Gasteiger partial charge on any atom is -0.334 e. The number of aryl methyl sites for hydroxylation is 1. The standard InChI is InChI=1S/C14H14N6O4S/c1-9-6-13(22)19(15)14(17-9)25-8-12(21)18-16-7-10-2-4-11(5-3-10)20(23)24/h2-7H,8,15H2,1H3,(H,18,21)/b16-7+. The van der Waals surface area contributed by atoms with Crippen LogP contribution >= 0.6 is 11.8 Å². The molecule has 0 bridgehead atoms. The molecule has 1 aromatic carbocycles. The fraction of sp³-hybridized carbons (Fsp3) is 0.143. The number of hydrogen-bond acceptors (Lipinski definition) is 8. The molecule has 2 aromatic rings. The normalized spacial score (nSPS) is 10.8. The van der Waals surface area contributed by atoms with E-state index in [1.807, 2.05) is 0 Å². The SMILES string of the molecule is Cc1cc(=O)n(N)c(SCC(=O)N/N=C/c2ccc([N+](=O)[O-])cc2)n1. The molecule has 0 unspecified atom stereocenters. The molecule has 25 heavy (non-hydrogen) atoms. The Kier molecular flexibility index (Phi) is 5.84. The largest absolute Gasteiger partial charge is 0.334 e. The van der Waals surface area contributed by atoms with Crippen molar-refractivity contribution < 1.29 is 9.72 Å². The van der Waals surface area contributed by atoms with Gasteiger partial charge in [0.05, 0.1) is 16.9 Å². The van der Waals surface area contributed by atoms with E-state index in [1.165, 1.54) is 36.5 Å². The topological polar surface area (TPSA) is 146 Å². The molecule has 0 fully saturated rings. The zero-order chi connectivity index (χ0) is 18.4. The van der Waals surface area contributed by atoms with Gasteiger partial charge in [0.25, 0.3) is 17.2 Å². The van der Waals surface area contributed by atoms with Crippen molar-refractivity contribution in [2.75, 3.05) is 11.6 Å². The van der Waals surface area contributed by atoms with Crippen molar-refractivity contribution in [1.29, 1.82) is 0 Å². The van der Waals surface area contributed by atoms with Gasteiger partial charge in [0, 0.05) is 23.9 Å². The highest BCUT2D eigenvalue weighted by atomic mass is 32.2. The van der Waals surface area contributed by atoms with E-state index in [0.29, 0.717) is 11.3 Å². The number of rotatable bonds is 6. The first kappa shape index (κ1) is 18.1. The Morgan fingerprint density at radius 1 is 1.48 bits per heavy atom. The van der Waals surface area contributed by atoms with Crippen molar-refractivity contribution in [3.8, 4) is 0 Å². The van der Waals surface area contributed by atoms with Crippen LogP contribution in [0.4, 0.5) is 5.69 Å². The number of nitrogens with one attached hydrogen (secondary N) is 1. The maximum atomic E-state index is 11.7. The Bertz CT molecular complexity index is 878. The molecule has 0 atom stereocenters. The monoisotopic (exact) mass is 362 g/mol. The Morgan fingerprint density at radius 3 is 2.80 bits per heavy atom. The summed E-state index contributed by atoms with van der Waals surface area (Å²) in [5, 5.41) is 14.5. The summed E-state index contributed by atoms with van der Waals surface area (Å²) < 4.78 is 0.866. The molecule has 1 amide bonds. The fourth-order valence-electron chi connectivity index (χ4n) is 1.70. The van der Waals surface area contributed by atoms with E-state index in [4.69, 9.17) is 5.84 Å². The highest BCUT2D eigenvalue weighted by molar-refractivity contribution is 7.99. The van der Waals surface area contributed by atoms with Gasteiger partial charge in [-0.05, 0) is 24.6 Å². The van der Waals surface area contributed by atoms with Crippen LogP contribution in [-0.4, -0.2) is 32.5 Å². The molecular weight excluding hydrogens is 348 g/mol. The molecule has 0 saturated heterocycles. The fourth-order valence-corrected chi connectivity index (χ4v) is 2.47. The Labute approximate surface area is 145 Å². The Balaban J connectivity index is 1.88. The minimum atomic E-state index is -0.504. The second kappa shape index (κ2) is 8.06. The second-order valence-electron chi connectivity index (χ2n) is 4.82. The third kappa shape index (κ3) is 5.14. The highest BCUT2D eigenvalue weighted by Gasteiger charge is 2.08. The van der Waals surface area contributed by atoms with Crippen molar-refractivity contribution in [2.45, 2.75) is 12.1 Å². The van der Waals surface area contributed by atoms with Crippen molar-refractivity contribution in [1.82, 2.24) is 15.1 Å². The number of nitro groups is 1. The molecule has 0 spiro atoms. The van der Waals surface area contributed by atoms with Crippen molar-refractivity contribution in [2.24, 2.45) is 5.10 Å². The summed E-state index contributed by atoms with van der Waals surface area (Å²) in [6, 6.07) is 6.98. The molecular formula is C14H14N6O4S. The summed E-state index contributed by atoms with van der Waals surface area (Å²) in [5.74, 6) is 5.10. The van der Waals surface area contributed by atoms with Crippen molar-refractivity contribution in [3.63, 3.8) is 0 Å². The van der Waals surface area contributed by atoms with Gasteiger partial charge in [-0.25, -0.2) is 15.1 Å². The molecule has 1 heterocycles. The van der Waals surface area contributed by atoms with Gasteiger partial charge in [-0.1, -0.05) is 11.8 Å². The number of benzene rings is 1. The predicted octanol–water partition coefficient (Wildman–Crippen LogP) is 0.416. The summed E-state index contributed by atoms with van der Waals surface area (Å²) in [5.41, 5.74) is 2.96.